The van der Waals surface area contributed by atoms with Gasteiger partial charge < -0.3 is 14.7 Å². The van der Waals surface area contributed by atoms with Crippen LogP contribution in [0.1, 0.15) is 104 Å². The number of hydrogen-bond donors (Lipinski definition) is 0. The Hall–Kier alpha value is -6.82. The smallest absolute Gasteiger partial charge is 0.264 e. The zero-order valence-corrected chi connectivity index (χ0v) is 43.4. The molecule has 3 heterocycles. The number of anilines is 9. The molecule has 12 rings (SSSR count). The summed E-state index contributed by atoms with van der Waals surface area (Å²) >= 11 is 2.00. The van der Waals surface area contributed by atoms with Gasteiger partial charge in [-0.05, 0) is 157 Å². The average Bonchev–Trinajstić information content (AvgIpc) is 3.81. The van der Waals surface area contributed by atoms with E-state index in [4.69, 9.17) is 0 Å². The molecule has 346 valence electrons. The average molecular weight is 928 g/mol. The van der Waals surface area contributed by atoms with Gasteiger partial charge in [-0.15, -0.1) is 11.3 Å². The highest BCUT2D eigenvalue weighted by Gasteiger charge is 2.46. The summed E-state index contributed by atoms with van der Waals surface area (Å²) in [5, 5.41) is 1.31. The Morgan fingerprint density at radius 3 is 1.56 bits per heavy atom. The van der Waals surface area contributed by atoms with Crippen molar-refractivity contribution >= 4 is 95.0 Å². The van der Waals surface area contributed by atoms with Gasteiger partial charge in [0, 0.05) is 65.8 Å². The Balaban J connectivity index is 1.10. The quantitative estimate of drug-likeness (QED) is 0.159. The molecule has 0 unspecified atom stereocenters. The largest absolute Gasteiger partial charge is 0.311 e. The maximum atomic E-state index is 2.61. The van der Waals surface area contributed by atoms with Gasteiger partial charge in [-0.3, -0.25) is 0 Å². The summed E-state index contributed by atoms with van der Waals surface area (Å²) in [6, 6.07) is 66.9. The number of nitrogens with zero attached hydrogens (tertiary/aromatic N) is 3. The Morgan fingerprint density at radius 1 is 0.457 bits per heavy atom. The van der Waals surface area contributed by atoms with Crippen molar-refractivity contribution in [3.05, 3.63) is 204 Å². The second-order valence-corrected chi connectivity index (χ2v) is 24.6. The van der Waals surface area contributed by atoms with Crippen LogP contribution in [-0.4, -0.2) is 6.71 Å². The molecule has 0 saturated heterocycles. The second kappa shape index (κ2) is 15.6. The third-order valence-corrected chi connectivity index (χ3v) is 16.7. The predicted octanol–water partition coefficient (Wildman–Crippen LogP) is 16.7. The molecule has 3 nitrogen and oxygen atoms in total. The normalized spacial score (nSPS) is 14.5. The molecular weight excluding hydrogens is 866 g/mol. The van der Waals surface area contributed by atoms with Crippen LogP contribution in [0.4, 0.5) is 51.2 Å². The monoisotopic (exact) mass is 927 g/mol. The van der Waals surface area contributed by atoms with E-state index in [0.29, 0.717) is 0 Å². The van der Waals surface area contributed by atoms with Crippen LogP contribution >= 0.6 is 11.3 Å². The van der Waals surface area contributed by atoms with Crippen molar-refractivity contribution in [2.45, 2.75) is 97.8 Å². The Bertz CT molecular complexity index is 3470. The van der Waals surface area contributed by atoms with Crippen LogP contribution in [0.5, 0.6) is 0 Å². The molecule has 0 amide bonds. The number of hydrogen-bond acceptors (Lipinski definition) is 4. The zero-order valence-electron chi connectivity index (χ0n) is 42.6. The summed E-state index contributed by atoms with van der Waals surface area (Å²) in [5.74, 6) is 0. The lowest BCUT2D eigenvalue weighted by atomic mass is 9.36. The van der Waals surface area contributed by atoms with Crippen molar-refractivity contribution in [3.8, 4) is 11.1 Å². The van der Waals surface area contributed by atoms with Crippen molar-refractivity contribution in [1.29, 1.82) is 0 Å². The maximum Gasteiger partial charge on any atom is 0.264 e. The highest BCUT2D eigenvalue weighted by atomic mass is 32.1. The number of thiophene rings is 1. The maximum absolute atomic E-state index is 2.61. The minimum atomic E-state index is -0.223. The molecule has 3 aliphatic rings. The molecule has 2 aliphatic heterocycles. The summed E-state index contributed by atoms with van der Waals surface area (Å²) in [5.41, 5.74) is 22.9. The van der Waals surface area contributed by atoms with E-state index in [1.165, 1.54) is 105 Å². The van der Waals surface area contributed by atoms with E-state index < -0.39 is 0 Å². The molecule has 0 atom stereocenters. The minimum Gasteiger partial charge on any atom is -0.311 e. The van der Waals surface area contributed by atoms with Gasteiger partial charge in [0.1, 0.15) is 0 Å². The van der Waals surface area contributed by atoms with E-state index >= 15 is 0 Å². The fraction of sp³-hybridized carbons (Fsp3) is 0.231. The Morgan fingerprint density at radius 2 is 0.986 bits per heavy atom. The molecule has 1 aliphatic carbocycles. The van der Waals surface area contributed by atoms with Crippen LogP contribution in [0.2, 0.25) is 0 Å². The molecule has 5 heteroatoms. The first-order chi connectivity index (χ1) is 33.4. The van der Waals surface area contributed by atoms with Crippen molar-refractivity contribution in [3.63, 3.8) is 0 Å². The molecule has 1 aromatic heterocycles. The number of rotatable bonds is 5. The van der Waals surface area contributed by atoms with Crippen LogP contribution in [-0.2, 0) is 21.7 Å². The third kappa shape index (κ3) is 6.90. The van der Waals surface area contributed by atoms with E-state index in [9.17, 15) is 0 Å². The van der Waals surface area contributed by atoms with Gasteiger partial charge in [0.15, 0.2) is 0 Å². The fourth-order valence-corrected chi connectivity index (χ4v) is 13.0. The molecule has 0 radical (unpaired) electrons. The van der Waals surface area contributed by atoms with Gasteiger partial charge in [0.25, 0.3) is 6.71 Å². The first-order valence-corrected chi connectivity index (χ1v) is 25.9. The zero-order chi connectivity index (χ0) is 48.6. The Kier molecular flexibility index (Phi) is 9.89. The number of benzene rings is 8. The van der Waals surface area contributed by atoms with E-state index in [0.717, 1.165) is 11.4 Å². The summed E-state index contributed by atoms with van der Waals surface area (Å²) in [6.07, 6.45) is 0. The highest BCUT2D eigenvalue weighted by Crippen LogP contribution is 2.55. The lowest BCUT2D eigenvalue weighted by molar-refractivity contribution is 0.590. The van der Waals surface area contributed by atoms with Gasteiger partial charge in [-0.25, -0.2) is 0 Å². The minimum absolute atomic E-state index is 0.0224. The standard InChI is InChI=1S/C65H62BN3S/c1-62(2,3)41-25-30-46(31-26-41)68-55-36-29-43(64(7,8)9)37-54(55)66-59-56(68)23-18-24-57(59)69(47-32-27-42(28-33-47)63(4,5)6)60-51-39-50-49-35-34-48(38-52(49)65(10,11)53(50)40-58(51)70-61(60)66)67(44-19-14-12-15-20-44)45-21-16-13-17-22-45/h12-40H,1-11H3. The van der Waals surface area contributed by atoms with Crippen LogP contribution in [0.25, 0.3) is 21.2 Å². The van der Waals surface area contributed by atoms with E-state index in [-0.39, 0.29) is 28.4 Å². The van der Waals surface area contributed by atoms with E-state index in [1.54, 1.807) is 0 Å². The van der Waals surface area contributed by atoms with Gasteiger partial charge in [0.2, 0.25) is 0 Å². The molecule has 0 bridgehead atoms. The van der Waals surface area contributed by atoms with Crippen LogP contribution in [0.3, 0.4) is 0 Å². The van der Waals surface area contributed by atoms with Gasteiger partial charge in [-0.1, -0.05) is 161 Å². The van der Waals surface area contributed by atoms with Crippen molar-refractivity contribution in [2.24, 2.45) is 0 Å². The number of fused-ring (bicyclic) bond motifs is 9. The lowest BCUT2D eigenvalue weighted by Crippen LogP contribution is -2.60. The molecule has 0 fully saturated rings. The molecule has 70 heavy (non-hydrogen) atoms. The fourth-order valence-electron chi connectivity index (χ4n) is 11.6. The molecule has 0 N–H and O–H groups in total. The predicted molar refractivity (Wildman–Crippen MR) is 304 cm³/mol. The first kappa shape index (κ1) is 44.4. The van der Waals surface area contributed by atoms with Crippen LogP contribution in [0, 0.1) is 0 Å². The van der Waals surface area contributed by atoms with Crippen LogP contribution in [0.15, 0.2) is 176 Å². The topological polar surface area (TPSA) is 9.72 Å². The lowest BCUT2D eigenvalue weighted by Gasteiger charge is -2.43. The van der Waals surface area contributed by atoms with Gasteiger partial charge in [0.05, 0.1) is 5.69 Å². The Labute approximate surface area is 420 Å². The molecule has 0 spiro atoms. The molecule has 9 aromatic rings. The van der Waals surface area contributed by atoms with Gasteiger partial charge in [-0.2, -0.15) is 0 Å². The summed E-state index contributed by atoms with van der Waals surface area (Å²) in [6.45, 7) is 25.8. The SMILES string of the molecule is CC(C)(C)c1ccc(N2c3ccc(C(C)(C)C)cc3B3c4sc5cc6c(cc5c4N(c4ccc(C(C)(C)C)cc4)c4cccc2c43)-c2ccc(N(c3ccccc3)c3ccccc3)cc2C6(C)C)cc1. The van der Waals surface area contributed by atoms with Crippen molar-refractivity contribution in [1.82, 2.24) is 0 Å². The summed E-state index contributed by atoms with van der Waals surface area (Å²) < 4.78 is 2.74. The molecular formula is C65H62BN3S. The highest BCUT2D eigenvalue weighted by molar-refractivity contribution is 7.33. The van der Waals surface area contributed by atoms with Crippen molar-refractivity contribution < 1.29 is 0 Å². The van der Waals surface area contributed by atoms with E-state index in [1.807, 2.05) is 11.3 Å². The van der Waals surface area contributed by atoms with Crippen LogP contribution < -0.4 is 30.4 Å². The number of para-hydroxylation sites is 2. The van der Waals surface area contributed by atoms with Crippen molar-refractivity contribution in [2.75, 3.05) is 14.7 Å². The first-order valence-electron chi connectivity index (χ1n) is 25.1. The van der Waals surface area contributed by atoms with E-state index in [2.05, 4.69) is 267 Å². The summed E-state index contributed by atoms with van der Waals surface area (Å²) in [4.78, 5) is 7.54. The molecule has 8 aromatic carbocycles. The second-order valence-electron chi connectivity index (χ2n) is 23.5. The summed E-state index contributed by atoms with van der Waals surface area (Å²) in [7, 11) is 0. The van der Waals surface area contributed by atoms with Gasteiger partial charge >= 0.3 is 0 Å². The molecule has 0 saturated carbocycles. The third-order valence-electron chi connectivity index (χ3n) is 15.5.